The second kappa shape index (κ2) is 9.23. The van der Waals surface area contributed by atoms with Gasteiger partial charge in [-0.1, -0.05) is 11.6 Å². The van der Waals surface area contributed by atoms with Crippen molar-refractivity contribution in [1.82, 2.24) is 19.7 Å². The minimum absolute atomic E-state index is 0.0315. The number of ether oxygens (including phenoxy) is 1. The molecule has 0 radical (unpaired) electrons. The summed E-state index contributed by atoms with van der Waals surface area (Å²) in [4.78, 5) is 7.83. The van der Waals surface area contributed by atoms with Gasteiger partial charge in [0.15, 0.2) is 0 Å². The van der Waals surface area contributed by atoms with Gasteiger partial charge in [0.2, 0.25) is 5.78 Å². The predicted octanol–water partition coefficient (Wildman–Crippen LogP) is 4.68. The van der Waals surface area contributed by atoms with Crippen LogP contribution in [0, 0.1) is 11.6 Å². The Morgan fingerprint density at radius 1 is 1.19 bits per heavy atom. The second-order valence-corrected chi connectivity index (χ2v) is 7.06. The quantitative estimate of drug-likeness (QED) is 0.288. The summed E-state index contributed by atoms with van der Waals surface area (Å²) >= 11 is 6.14. The summed E-state index contributed by atoms with van der Waals surface area (Å²) in [5, 5.41) is 4.75. The van der Waals surface area contributed by atoms with Gasteiger partial charge < -0.3 is 15.4 Å². The van der Waals surface area contributed by atoms with Crippen molar-refractivity contribution >= 4 is 23.2 Å². The Labute approximate surface area is 179 Å². The first kappa shape index (κ1) is 23.0. The van der Waals surface area contributed by atoms with E-state index in [1.165, 1.54) is 12.4 Å². The molecule has 3 rings (SSSR count). The highest BCUT2D eigenvalue weighted by Gasteiger charge is 2.37. The Hall–Kier alpha value is -2.66. The van der Waals surface area contributed by atoms with Crippen LogP contribution in [0.1, 0.15) is 13.3 Å². The molecule has 2 heterocycles. The monoisotopic (exact) mass is 463 g/mol. The number of anilines is 1. The van der Waals surface area contributed by atoms with Crippen molar-refractivity contribution in [3.63, 3.8) is 0 Å². The summed E-state index contributed by atoms with van der Waals surface area (Å²) in [6.07, 6.45) is -1.43. The molecule has 0 aliphatic rings. The van der Waals surface area contributed by atoms with Gasteiger partial charge >= 0.3 is 6.18 Å². The average molecular weight is 464 g/mol. The van der Waals surface area contributed by atoms with Gasteiger partial charge in [-0.3, -0.25) is 4.40 Å². The molecular weight excluding hydrogens is 445 g/mol. The molecule has 0 saturated heterocycles. The maximum atomic E-state index is 14.9. The van der Waals surface area contributed by atoms with Gasteiger partial charge in [0.25, 0.3) is 0 Å². The molecule has 31 heavy (non-hydrogen) atoms. The van der Waals surface area contributed by atoms with Crippen LogP contribution in [0.2, 0.25) is 5.15 Å². The standard InChI is InChI=1S/C19H19ClF5N5O/c1-10(19(23,24)25)28-17-15(16(20)29-18-27-5-6-30(17)18)14-12(21)8-11(9-13(14)22)31-7-3-4-26-2/h5-6,8-10,26,28H,3-4,7H2,1-2H3/t10-/m0/s1. The molecule has 1 aromatic carbocycles. The van der Waals surface area contributed by atoms with E-state index in [2.05, 4.69) is 20.6 Å². The highest BCUT2D eigenvalue weighted by molar-refractivity contribution is 6.33. The largest absolute Gasteiger partial charge is 0.493 e. The van der Waals surface area contributed by atoms with Crippen molar-refractivity contribution in [2.24, 2.45) is 0 Å². The van der Waals surface area contributed by atoms with E-state index in [0.29, 0.717) is 13.0 Å². The van der Waals surface area contributed by atoms with Crippen LogP contribution in [0.3, 0.4) is 0 Å². The zero-order valence-electron chi connectivity index (χ0n) is 16.5. The number of rotatable bonds is 8. The number of aromatic nitrogens is 3. The molecule has 0 fully saturated rings. The molecule has 0 bridgehead atoms. The fraction of sp³-hybridized carbons (Fsp3) is 0.368. The molecule has 6 nitrogen and oxygen atoms in total. The second-order valence-electron chi connectivity index (χ2n) is 6.70. The van der Waals surface area contributed by atoms with E-state index in [1.807, 2.05) is 0 Å². The van der Waals surface area contributed by atoms with Crippen molar-refractivity contribution in [3.8, 4) is 16.9 Å². The van der Waals surface area contributed by atoms with Gasteiger partial charge in [0, 0.05) is 24.5 Å². The van der Waals surface area contributed by atoms with Gasteiger partial charge in [-0.25, -0.2) is 13.8 Å². The molecule has 1 atom stereocenters. The van der Waals surface area contributed by atoms with E-state index in [-0.39, 0.29) is 29.5 Å². The Morgan fingerprint density at radius 2 is 1.87 bits per heavy atom. The predicted molar refractivity (Wildman–Crippen MR) is 107 cm³/mol. The van der Waals surface area contributed by atoms with Crippen molar-refractivity contribution in [1.29, 1.82) is 0 Å². The Balaban J connectivity index is 2.09. The number of hydrogen-bond donors (Lipinski definition) is 2. The minimum Gasteiger partial charge on any atom is -0.493 e. The van der Waals surface area contributed by atoms with Gasteiger partial charge in [0.05, 0.1) is 17.7 Å². The lowest BCUT2D eigenvalue weighted by molar-refractivity contribution is -0.138. The van der Waals surface area contributed by atoms with Crippen LogP contribution in [-0.4, -0.2) is 46.8 Å². The van der Waals surface area contributed by atoms with E-state index in [0.717, 1.165) is 23.5 Å². The lowest BCUT2D eigenvalue weighted by atomic mass is 10.1. The van der Waals surface area contributed by atoms with E-state index < -0.39 is 34.6 Å². The molecule has 0 spiro atoms. The number of nitrogens with zero attached hydrogens (tertiary/aromatic N) is 3. The molecule has 2 N–H and O–H groups in total. The van der Waals surface area contributed by atoms with Crippen LogP contribution >= 0.6 is 11.6 Å². The molecule has 0 aliphatic heterocycles. The van der Waals surface area contributed by atoms with Crippen LogP contribution in [0.4, 0.5) is 27.8 Å². The Kier molecular flexibility index (Phi) is 6.85. The summed E-state index contributed by atoms with van der Waals surface area (Å²) in [6, 6.07) is -0.150. The molecule has 0 saturated carbocycles. The fourth-order valence-electron chi connectivity index (χ4n) is 2.88. The van der Waals surface area contributed by atoms with Gasteiger partial charge in [0.1, 0.15) is 34.4 Å². The van der Waals surface area contributed by atoms with Gasteiger partial charge in [-0.2, -0.15) is 18.2 Å². The third kappa shape index (κ3) is 4.99. The van der Waals surface area contributed by atoms with Crippen molar-refractivity contribution < 1.29 is 26.7 Å². The van der Waals surface area contributed by atoms with E-state index in [4.69, 9.17) is 16.3 Å². The number of benzene rings is 1. The lowest BCUT2D eigenvalue weighted by Crippen LogP contribution is -2.34. The number of imidazole rings is 1. The topological polar surface area (TPSA) is 63.5 Å². The summed E-state index contributed by atoms with van der Waals surface area (Å²) in [6.45, 7) is 1.75. The first-order chi connectivity index (χ1) is 14.6. The van der Waals surface area contributed by atoms with Crippen LogP contribution in [0.25, 0.3) is 16.9 Å². The number of hydrogen-bond acceptors (Lipinski definition) is 5. The SMILES string of the molecule is CNCCCOc1cc(F)c(-c2c(Cl)nc3nccn3c2N[C@@H](C)C(F)(F)F)c(F)c1. The molecule has 0 amide bonds. The number of nitrogens with one attached hydrogen (secondary N) is 2. The van der Waals surface area contributed by atoms with E-state index >= 15 is 0 Å². The molecular formula is C19H19ClF5N5O. The summed E-state index contributed by atoms with van der Waals surface area (Å²) < 4.78 is 75.9. The van der Waals surface area contributed by atoms with Crippen molar-refractivity contribution in [3.05, 3.63) is 41.3 Å². The molecule has 168 valence electrons. The minimum atomic E-state index is -4.62. The number of fused-ring (bicyclic) bond motifs is 1. The molecule has 0 aliphatic carbocycles. The summed E-state index contributed by atoms with van der Waals surface area (Å²) in [5.41, 5.74) is -0.993. The van der Waals surface area contributed by atoms with E-state index in [9.17, 15) is 22.0 Å². The molecule has 2 aromatic heterocycles. The highest BCUT2D eigenvalue weighted by atomic mass is 35.5. The zero-order valence-corrected chi connectivity index (χ0v) is 17.3. The van der Waals surface area contributed by atoms with Crippen molar-refractivity contribution in [2.75, 3.05) is 25.5 Å². The first-order valence-electron chi connectivity index (χ1n) is 9.26. The Bertz CT molecular complexity index is 1050. The Morgan fingerprint density at radius 3 is 2.48 bits per heavy atom. The zero-order chi connectivity index (χ0) is 22.8. The lowest BCUT2D eigenvalue weighted by Gasteiger charge is -2.22. The van der Waals surface area contributed by atoms with Crippen LogP contribution in [0.15, 0.2) is 24.5 Å². The normalized spacial score (nSPS) is 12.9. The van der Waals surface area contributed by atoms with Crippen molar-refractivity contribution in [2.45, 2.75) is 25.6 Å². The van der Waals surface area contributed by atoms with Gasteiger partial charge in [-0.05, 0) is 26.9 Å². The number of alkyl halides is 3. The smallest absolute Gasteiger partial charge is 0.408 e. The average Bonchev–Trinajstić information content (AvgIpc) is 3.14. The summed E-state index contributed by atoms with van der Waals surface area (Å²) in [5.74, 6) is -2.50. The third-order valence-electron chi connectivity index (χ3n) is 4.45. The van der Waals surface area contributed by atoms with Crippen LogP contribution < -0.4 is 15.4 Å². The highest BCUT2D eigenvalue weighted by Crippen LogP contribution is 2.40. The molecule has 0 unspecified atom stereocenters. The summed E-state index contributed by atoms with van der Waals surface area (Å²) in [7, 11) is 1.76. The number of halogens is 6. The molecule has 3 aromatic rings. The third-order valence-corrected chi connectivity index (χ3v) is 4.73. The van der Waals surface area contributed by atoms with E-state index in [1.54, 1.807) is 7.05 Å². The van der Waals surface area contributed by atoms with Gasteiger partial charge in [-0.15, -0.1) is 0 Å². The maximum Gasteiger partial charge on any atom is 0.408 e. The molecule has 12 heteroatoms. The van der Waals surface area contributed by atoms with Crippen LogP contribution in [0.5, 0.6) is 5.75 Å². The fourth-order valence-corrected chi connectivity index (χ4v) is 3.14. The maximum absolute atomic E-state index is 14.9. The van der Waals surface area contributed by atoms with Crippen LogP contribution in [-0.2, 0) is 0 Å². The first-order valence-corrected chi connectivity index (χ1v) is 9.64.